The zero-order valence-corrected chi connectivity index (χ0v) is 18.1. The second-order valence-corrected chi connectivity index (χ2v) is 9.40. The van der Waals surface area contributed by atoms with E-state index < -0.39 is 47.0 Å². The van der Waals surface area contributed by atoms with Gasteiger partial charge in [-0.1, -0.05) is 30.3 Å². The van der Waals surface area contributed by atoms with Crippen LogP contribution < -0.4 is 10.5 Å². The van der Waals surface area contributed by atoms with E-state index in [2.05, 4.69) is 14.7 Å². The lowest BCUT2D eigenvalue weighted by Gasteiger charge is -2.41. The number of aromatic nitrogens is 3. The van der Waals surface area contributed by atoms with Crippen LogP contribution in [-0.2, 0) is 29.5 Å². The Morgan fingerprint density at radius 1 is 1.18 bits per heavy atom. The van der Waals surface area contributed by atoms with Gasteiger partial charge in [0, 0.05) is 6.20 Å². The van der Waals surface area contributed by atoms with Crippen molar-refractivity contribution in [1.82, 2.24) is 19.3 Å². The maximum absolute atomic E-state index is 12.7. The number of nitrogens with one attached hydrogen (secondary N) is 1. The average Bonchev–Trinajstić information content (AvgIpc) is 3.32. The molecule has 2 fully saturated rings. The predicted molar refractivity (Wildman–Crippen MR) is 115 cm³/mol. The summed E-state index contributed by atoms with van der Waals surface area (Å²) in [5.41, 5.74) is 6.88. The molecule has 13 heteroatoms. The number of hydrogen-bond acceptors (Lipinski definition) is 10. The fourth-order valence-electron chi connectivity index (χ4n) is 4.01. The Labute approximate surface area is 189 Å². The van der Waals surface area contributed by atoms with Gasteiger partial charge in [0.05, 0.1) is 31.8 Å². The van der Waals surface area contributed by atoms with Gasteiger partial charge in [0.15, 0.2) is 11.9 Å². The molecular weight excluding hydrogens is 454 g/mol. The topological polar surface area (TPSA) is 171 Å². The number of hydrogen-bond donors (Lipinski definition) is 4. The normalized spacial score (nSPS) is 27.0. The van der Waals surface area contributed by atoms with Gasteiger partial charge in [0.25, 0.3) is 0 Å². The molecule has 0 unspecified atom stereocenters. The van der Waals surface area contributed by atoms with Gasteiger partial charge in [-0.2, -0.15) is 13.1 Å². The number of anilines is 1. The highest BCUT2D eigenvalue weighted by atomic mass is 32.2. The lowest BCUT2D eigenvalue weighted by atomic mass is 9.89. The first-order chi connectivity index (χ1) is 15.8. The van der Waals surface area contributed by atoms with Crippen LogP contribution >= 0.6 is 0 Å². The lowest BCUT2D eigenvalue weighted by molar-refractivity contribution is -0.0696. The van der Waals surface area contributed by atoms with E-state index in [1.807, 2.05) is 6.07 Å². The number of nitrogens with two attached hydrogens (primary N) is 1. The lowest BCUT2D eigenvalue weighted by Crippen LogP contribution is -2.59. The third kappa shape index (κ3) is 3.97. The molecule has 2 aromatic heterocycles. The van der Waals surface area contributed by atoms with E-state index in [4.69, 9.17) is 19.4 Å². The van der Waals surface area contributed by atoms with Gasteiger partial charge in [0.1, 0.15) is 29.4 Å². The second-order valence-electron chi connectivity index (χ2n) is 8.05. The van der Waals surface area contributed by atoms with Crippen molar-refractivity contribution in [2.45, 2.75) is 30.1 Å². The van der Waals surface area contributed by atoms with Gasteiger partial charge in [0.2, 0.25) is 0 Å². The van der Waals surface area contributed by atoms with Crippen LogP contribution in [0.5, 0.6) is 0 Å². The standard InChI is InChI=1S/C20H23N5O7S/c21-13-6-7-22-18-15(13)23-11-25(18)19-17(27)16(26)14(32-19)8-31-33(28,29)24-20(9-30-10-20)12-4-2-1-3-5-12/h1-7,11,14,16-17,19,24,26-27H,8-10H2,(H2,21,22)/t14-,16-,17-,19-/m1/s1. The first-order valence-electron chi connectivity index (χ1n) is 10.2. The highest BCUT2D eigenvalue weighted by molar-refractivity contribution is 7.84. The average molecular weight is 477 g/mol. The molecule has 5 rings (SSSR count). The van der Waals surface area contributed by atoms with E-state index in [0.29, 0.717) is 16.9 Å². The molecule has 1 aromatic carbocycles. The molecule has 5 N–H and O–H groups in total. The number of aliphatic hydroxyl groups is 2. The number of aliphatic hydroxyl groups excluding tert-OH is 2. The fourth-order valence-corrected chi connectivity index (χ4v) is 5.10. The molecule has 4 heterocycles. The number of benzene rings is 1. The van der Waals surface area contributed by atoms with Crippen molar-refractivity contribution in [3.05, 3.63) is 54.5 Å². The molecule has 0 spiro atoms. The minimum atomic E-state index is -4.24. The summed E-state index contributed by atoms with van der Waals surface area (Å²) < 4.78 is 45.3. The van der Waals surface area contributed by atoms with E-state index in [1.165, 1.54) is 17.1 Å². The molecular formula is C20H23N5O7S. The summed E-state index contributed by atoms with van der Waals surface area (Å²) in [5.74, 6) is 0. The molecule has 3 aromatic rings. The third-order valence-corrected chi connectivity index (χ3v) is 6.92. The van der Waals surface area contributed by atoms with Crippen molar-refractivity contribution in [2.75, 3.05) is 25.6 Å². The van der Waals surface area contributed by atoms with Crippen molar-refractivity contribution >= 4 is 27.2 Å². The minimum Gasteiger partial charge on any atom is -0.397 e. The maximum Gasteiger partial charge on any atom is 0.336 e. The first-order valence-corrected chi connectivity index (χ1v) is 11.6. The van der Waals surface area contributed by atoms with E-state index in [0.717, 1.165) is 5.56 Å². The number of rotatable bonds is 7. The van der Waals surface area contributed by atoms with Crippen LogP contribution in [0.15, 0.2) is 48.9 Å². The van der Waals surface area contributed by atoms with Crippen molar-refractivity contribution in [3.8, 4) is 0 Å². The summed E-state index contributed by atoms with van der Waals surface area (Å²) in [7, 11) is -4.24. The number of nitrogen functional groups attached to an aromatic ring is 1. The Bertz CT molecular complexity index is 1250. The highest BCUT2D eigenvalue weighted by Gasteiger charge is 2.47. The minimum absolute atomic E-state index is 0.160. The summed E-state index contributed by atoms with van der Waals surface area (Å²) >= 11 is 0. The number of nitrogens with zero attached hydrogens (tertiary/aromatic N) is 3. The van der Waals surface area contributed by atoms with Gasteiger partial charge in [-0.3, -0.25) is 8.75 Å². The second kappa shape index (κ2) is 8.29. The molecule has 12 nitrogen and oxygen atoms in total. The molecule has 0 saturated carbocycles. The third-order valence-electron chi connectivity index (χ3n) is 5.83. The van der Waals surface area contributed by atoms with Gasteiger partial charge in [-0.15, -0.1) is 0 Å². The number of imidazole rings is 1. The van der Waals surface area contributed by atoms with Crippen LogP contribution in [0.1, 0.15) is 11.8 Å². The highest BCUT2D eigenvalue weighted by Crippen LogP contribution is 2.33. The zero-order chi connectivity index (χ0) is 23.2. The van der Waals surface area contributed by atoms with E-state index in [1.54, 1.807) is 30.3 Å². The Morgan fingerprint density at radius 2 is 1.94 bits per heavy atom. The molecule has 0 radical (unpaired) electrons. The van der Waals surface area contributed by atoms with E-state index in [9.17, 15) is 18.6 Å². The summed E-state index contributed by atoms with van der Waals surface area (Å²) in [5, 5.41) is 21.0. The summed E-state index contributed by atoms with van der Waals surface area (Å²) in [4.78, 5) is 8.37. The molecule has 0 bridgehead atoms. The van der Waals surface area contributed by atoms with Crippen molar-refractivity contribution < 1.29 is 32.3 Å². The Balaban J connectivity index is 1.28. The number of ether oxygens (including phenoxy) is 2. The fraction of sp³-hybridized carbons (Fsp3) is 0.400. The largest absolute Gasteiger partial charge is 0.397 e. The molecule has 2 aliphatic rings. The summed E-state index contributed by atoms with van der Waals surface area (Å²) in [6.07, 6.45) is -2.08. The Hall–Kier alpha value is -2.65. The number of fused-ring (bicyclic) bond motifs is 1. The van der Waals surface area contributed by atoms with Gasteiger partial charge in [-0.05, 0) is 11.6 Å². The van der Waals surface area contributed by atoms with Crippen molar-refractivity contribution in [3.63, 3.8) is 0 Å². The van der Waals surface area contributed by atoms with Crippen molar-refractivity contribution in [1.29, 1.82) is 0 Å². The van der Waals surface area contributed by atoms with E-state index in [-0.39, 0.29) is 13.2 Å². The van der Waals surface area contributed by atoms with Gasteiger partial charge < -0.3 is 25.4 Å². The van der Waals surface area contributed by atoms with Crippen LogP contribution in [0, 0.1) is 0 Å². The van der Waals surface area contributed by atoms with Crippen LogP contribution in [0.4, 0.5) is 5.69 Å². The first kappa shape index (κ1) is 22.2. The quantitative estimate of drug-likeness (QED) is 0.345. The Morgan fingerprint density at radius 3 is 2.64 bits per heavy atom. The zero-order valence-electron chi connectivity index (χ0n) is 17.3. The summed E-state index contributed by atoms with van der Waals surface area (Å²) in [6, 6.07) is 10.6. The molecule has 2 saturated heterocycles. The van der Waals surface area contributed by atoms with Crippen LogP contribution in [0.2, 0.25) is 0 Å². The molecule has 0 aliphatic carbocycles. The molecule has 2 aliphatic heterocycles. The molecule has 0 amide bonds. The van der Waals surface area contributed by atoms with Gasteiger partial charge >= 0.3 is 10.3 Å². The number of pyridine rings is 1. The predicted octanol–water partition coefficient (Wildman–Crippen LogP) is -0.591. The SMILES string of the molecule is Nc1ccnc2c1ncn2[C@@H]1O[C@H](COS(=O)(=O)NC2(c3ccccc3)COC2)[C@@H](O)[C@H]1O. The summed E-state index contributed by atoms with van der Waals surface area (Å²) in [6.45, 7) is -0.197. The van der Waals surface area contributed by atoms with E-state index >= 15 is 0 Å². The van der Waals surface area contributed by atoms with Crippen molar-refractivity contribution in [2.24, 2.45) is 0 Å². The molecule has 33 heavy (non-hydrogen) atoms. The van der Waals surface area contributed by atoms with Crippen LogP contribution in [0.25, 0.3) is 11.2 Å². The monoisotopic (exact) mass is 477 g/mol. The van der Waals surface area contributed by atoms with Crippen LogP contribution in [-0.4, -0.2) is 71.3 Å². The van der Waals surface area contributed by atoms with Crippen LogP contribution in [0.3, 0.4) is 0 Å². The van der Waals surface area contributed by atoms with Gasteiger partial charge in [-0.25, -0.2) is 9.97 Å². The molecule has 4 atom stereocenters. The smallest absolute Gasteiger partial charge is 0.336 e. The maximum atomic E-state index is 12.7. The molecule has 176 valence electrons. The Kier molecular flexibility index (Phi) is 5.56.